The van der Waals surface area contributed by atoms with Gasteiger partial charge in [0, 0.05) is 28.7 Å². The Hall–Kier alpha value is -3.31. The van der Waals surface area contributed by atoms with E-state index >= 15 is 0 Å². The second-order valence-corrected chi connectivity index (χ2v) is 7.02. The van der Waals surface area contributed by atoms with Crippen LogP contribution in [0.1, 0.15) is 21.5 Å². The Balaban J connectivity index is 1.78. The number of carbonyl (C=O) groups is 1. The molecular formula is C23H17ClFN3O. The zero-order valence-electron chi connectivity index (χ0n) is 15.6. The summed E-state index contributed by atoms with van der Waals surface area (Å²) in [6, 6.07) is 17.1. The summed E-state index contributed by atoms with van der Waals surface area (Å²) in [5.74, 6) is -0.677. The van der Waals surface area contributed by atoms with Gasteiger partial charge in [0.1, 0.15) is 5.82 Å². The average Bonchev–Trinajstić information content (AvgIpc) is 2.75. The lowest BCUT2D eigenvalue weighted by Crippen LogP contribution is -2.24. The summed E-state index contributed by atoms with van der Waals surface area (Å²) in [5, 5.41) is 4.05. The molecule has 4 aromatic rings. The molecular weight excluding hydrogens is 389 g/mol. The van der Waals surface area contributed by atoms with Crippen LogP contribution >= 0.6 is 11.6 Å². The number of aryl methyl sites for hydroxylation is 1. The fourth-order valence-electron chi connectivity index (χ4n) is 3.15. The van der Waals surface area contributed by atoms with Gasteiger partial charge in [0.15, 0.2) is 0 Å². The first kappa shape index (κ1) is 19.0. The van der Waals surface area contributed by atoms with Crippen molar-refractivity contribution in [1.29, 1.82) is 0 Å². The van der Waals surface area contributed by atoms with Gasteiger partial charge in [0.05, 0.1) is 22.5 Å². The van der Waals surface area contributed by atoms with Crippen LogP contribution < -0.4 is 5.32 Å². The third kappa shape index (κ3) is 3.82. The number of rotatable bonds is 4. The van der Waals surface area contributed by atoms with Crippen LogP contribution in [-0.2, 0) is 6.54 Å². The van der Waals surface area contributed by atoms with Crippen molar-refractivity contribution in [3.63, 3.8) is 0 Å². The molecule has 0 radical (unpaired) electrons. The van der Waals surface area contributed by atoms with Crippen LogP contribution in [0.15, 0.2) is 66.9 Å². The maximum atomic E-state index is 13.9. The van der Waals surface area contributed by atoms with Crippen molar-refractivity contribution in [1.82, 2.24) is 15.3 Å². The van der Waals surface area contributed by atoms with Gasteiger partial charge >= 0.3 is 0 Å². The van der Waals surface area contributed by atoms with Crippen molar-refractivity contribution in [3.05, 3.63) is 94.4 Å². The van der Waals surface area contributed by atoms with Gasteiger partial charge in [0.2, 0.25) is 0 Å². The number of nitrogens with one attached hydrogen (secondary N) is 1. The third-order valence-corrected chi connectivity index (χ3v) is 5.15. The molecule has 4 rings (SSSR count). The Bertz CT molecular complexity index is 1210. The number of hydrogen-bond donors (Lipinski definition) is 1. The predicted molar refractivity (Wildman–Crippen MR) is 112 cm³/mol. The zero-order chi connectivity index (χ0) is 20.4. The van der Waals surface area contributed by atoms with E-state index in [0.717, 1.165) is 5.56 Å². The van der Waals surface area contributed by atoms with E-state index in [-0.39, 0.29) is 18.3 Å². The number of fused-ring (bicyclic) bond motifs is 1. The Kier molecular flexibility index (Phi) is 5.23. The first-order chi connectivity index (χ1) is 14.0. The zero-order valence-corrected chi connectivity index (χ0v) is 16.4. The number of aromatic nitrogens is 2. The molecule has 0 aliphatic rings. The van der Waals surface area contributed by atoms with E-state index in [1.807, 2.05) is 25.1 Å². The minimum atomic E-state index is -0.357. The normalized spacial score (nSPS) is 10.9. The second-order valence-electron chi connectivity index (χ2n) is 6.61. The highest BCUT2D eigenvalue weighted by Gasteiger charge is 2.17. The van der Waals surface area contributed by atoms with Gasteiger partial charge in [-0.3, -0.25) is 9.78 Å². The Morgan fingerprint density at radius 1 is 1.07 bits per heavy atom. The Labute approximate surface area is 172 Å². The van der Waals surface area contributed by atoms with E-state index in [4.69, 9.17) is 16.6 Å². The van der Waals surface area contributed by atoms with E-state index in [9.17, 15) is 9.18 Å². The molecule has 0 spiro atoms. The van der Waals surface area contributed by atoms with E-state index < -0.39 is 0 Å². The third-order valence-electron chi connectivity index (χ3n) is 4.74. The topological polar surface area (TPSA) is 54.9 Å². The molecule has 1 amide bonds. The minimum absolute atomic E-state index is 0.0841. The highest BCUT2D eigenvalue weighted by molar-refractivity contribution is 6.32. The lowest BCUT2D eigenvalue weighted by molar-refractivity contribution is 0.0952. The molecule has 0 unspecified atom stereocenters. The first-order valence-electron chi connectivity index (χ1n) is 9.07. The number of benzene rings is 2. The van der Waals surface area contributed by atoms with E-state index in [2.05, 4.69) is 10.3 Å². The van der Waals surface area contributed by atoms with Crippen LogP contribution in [0.3, 0.4) is 0 Å². The summed E-state index contributed by atoms with van der Waals surface area (Å²) in [4.78, 5) is 22.0. The molecule has 0 aliphatic carbocycles. The molecule has 0 fully saturated rings. The molecule has 2 aromatic carbocycles. The smallest absolute Gasteiger partial charge is 0.252 e. The van der Waals surface area contributed by atoms with Crippen molar-refractivity contribution in [2.24, 2.45) is 0 Å². The molecule has 0 atom stereocenters. The predicted octanol–water partition coefficient (Wildman–Crippen LogP) is 5.33. The van der Waals surface area contributed by atoms with Gasteiger partial charge in [-0.25, -0.2) is 9.37 Å². The van der Waals surface area contributed by atoms with Gasteiger partial charge in [-0.15, -0.1) is 0 Å². The summed E-state index contributed by atoms with van der Waals surface area (Å²) >= 11 is 6.28. The van der Waals surface area contributed by atoms with Crippen molar-refractivity contribution in [2.45, 2.75) is 13.5 Å². The highest BCUT2D eigenvalue weighted by Crippen LogP contribution is 2.29. The molecule has 144 valence electrons. The first-order valence-corrected chi connectivity index (χ1v) is 9.45. The quantitative estimate of drug-likeness (QED) is 0.499. The number of pyridine rings is 2. The van der Waals surface area contributed by atoms with Crippen LogP contribution in [0.5, 0.6) is 0 Å². The molecule has 0 bridgehead atoms. The van der Waals surface area contributed by atoms with Crippen molar-refractivity contribution in [3.8, 4) is 11.4 Å². The number of carbonyl (C=O) groups excluding carboxylic acids is 1. The molecule has 0 saturated carbocycles. The molecule has 1 N–H and O–H groups in total. The van der Waals surface area contributed by atoms with Gasteiger partial charge in [-0.1, -0.05) is 41.9 Å². The Morgan fingerprint density at radius 3 is 2.62 bits per heavy atom. The largest absolute Gasteiger partial charge is 0.348 e. The lowest BCUT2D eigenvalue weighted by Gasteiger charge is -2.13. The minimum Gasteiger partial charge on any atom is -0.348 e. The van der Waals surface area contributed by atoms with Crippen LogP contribution in [-0.4, -0.2) is 15.9 Å². The fraction of sp³-hybridized carbons (Fsp3) is 0.0870. The van der Waals surface area contributed by atoms with Crippen LogP contribution in [0, 0.1) is 12.7 Å². The molecule has 4 nitrogen and oxygen atoms in total. The summed E-state index contributed by atoms with van der Waals surface area (Å²) in [7, 11) is 0. The second kappa shape index (κ2) is 7.97. The van der Waals surface area contributed by atoms with E-state index in [1.165, 1.54) is 6.07 Å². The molecule has 0 aliphatic heterocycles. The summed E-state index contributed by atoms with van der Waals surface area (Å²) in [6.07, 6.45) is 1.67. The molecule has 6 heteroatoms. The van der Waals surface area contributed by atoms with Gasteiger partial charge < -0.3 is 5.32 Å². The summed E-state index contributed by atoms with van der Waals surface area (Å²) < 4.78 is 13.9. The van der Waals surface area contributed by atoms with Crippen LogP contribution in [0.25, 0.3) is 22.3 Å². The molecule has 2 heterocycles. The van der Waals surface area contributed by atoms with Crippen molar-refractivity contribution in [2.75, 3.05) is 0 Å². The maximum absolute atomic E-state index is 13.9. The molecule has 2 aromatic heterocycles. The van der Waals surface area contributed by atoms with Crippen LogP contribution in [0.2, 0.25) is 5.02 Å². The number of halogens is 2. The maximum Gasteiger partial charge on any atom is 0.252 e. The van der Waals surface area contributed by atoms with E-state index in [1.54, 1.807) is 42.6 Å². The van der Waals surface area contributed by atoms with Gasteiger partial charge in [0.25, 0.3) is 5.91 Å². The van der Waals surface area contributed by atoms with Crippen molar-refractivity contribution < 1.29 is 9.18 Å². The monoisotopic (exact) mass is 405 g/mol. The molecule has 0 saturated heterocycles. The summed E-state index contributed by atoms with van der Waals surface area (Å²) in [6.45, 7) is 1.95. The number of hydrogen-bond acceptors (Lipinski definition) is 3. The number of amides is 1. The summed E-state index contributed by atoms with van der Waals surface area (Å²) in [5.41, 5.74) is 3.49. The lowest BCUT2D eigenvalue weighted by atomic mass is 10.0. The van der Waals surface area contributed by atoms with Crippen molar-refractivity contribution >= 4 is 28.4 Å². The fourth-order valence-corrected chi connectivity index (χ4v) is 3.30. The van der Waals surface area contributed by atoms with Gasteiger partial charge in [-0.05, 0) is 42.8 Å². The SMILES string of the molecule is Cc1c(Cl)ccc2c(C(=O)NCc3ccccc3F)cc(-c3ccccn3)nc12. The Morgan fingerprint density at radius 2 is 1.86 bits per heavy atom. The molecule has 29 heavy (non-hydrogen) atoms. The standard InChI is InChI=1S/C23H17ClFN3O/c1-14-18(24)10-9-16-17(23(29)27-13-15-6-2-3-7-19(15)25)12-21(28-22(14)16)20-8-4-5-11-26-20/h2-12H,13H2,1H3,(H,27,29). The van der Waals surface area contributed by atoms with E-state index in [0.29, 0.717) is 38.4 Å². The number of nitrogens with zero attached hydrogens (tertiary/aromatic N) is 2. The average molecular weight is 406 g/mol. The van der Waals surface area contributed by atoms with Crippen LogP contribution in [0.4, 0.5) is 4.39 Å². The highest BCUT2D eigenvalue weighted by atomic mass is 35.5. The van der Waals surface area contributed by atoms with Gasteiger partial charge in [-0.2, -0.15) is 0 Å².